The van der Waals surface area contributed by atoms with Crippen LogP contribution in [0.5, 0.6) is 0 Å². The zero-order valence-electron chi connectivity index (χ0n) is 10.8. The summed E-state index contributed by atoms with van der Waals surface area (Å²) in [5.41, 5.74) is 0.553. The van der Waals surface area contributed by atoms with Crippen molar-refractivity contribution in [3.8, 4) is 0 Å². The molecule has 1 aromatic heterocycles. The number of hydrogen-bond donors (Lipinski definition) is 1. The highest BCUT2D eigenvalue weighted by atomic mass is 79.9. The molecule has 1 heterocycles. The molecule has 0 radical (unpaired) electrons. The van der Waals surface area contributed by atoms with E-state index < -0.39 is 5.82 Å². The predicted octanol–water partition coefficient (Wildman–Crippen LogP) is 4.71. The number of nitrogens with zero attached hydrogens (tertiary/aromatic N) is 1. The maximum atomic E-state index is 13.7. The second-order valence-corrected chi connectivity index (χ2v) is 5.67. The molecule has 0 bridgehead atoms. The van der Waals surface area contributed by atoms with Crippen LogP contribution < -0.4 is 5.32 Å². The van der Waals surface area contributed by atoms with Gasteiger partial charge < -0.3 is 9.88 Å². The molecule has 1 aromatic carbocycles. The Kier molecular flexibility index (Phi) is 4.83. The number of anilines is 1. The third kappa shape index (κ3) is 3.41. The average Bonchev–Trinajstić information content (AvgIpc) is 2.74. The third-order valence-corrected chi connectivity index (χ3v) is 3.44. The van der Waals surface area contributed by atoms with Crippen molar-refractivity contribution < 1.29 is 9.18 Å². The Morgan fingerprint density at radius 2 is 2.20 bits per heavy atom. The van der Waals surface area contributed by atoms with E-state index in [2.05, 4.69) is 21.2 Å². The molecule has 0 saturated heterocycles. The van der Waals surface area contributed by atoms with Crippen LogP contribution in [0.2, 0.25) is 5.02 Å². The lowest BCUT2D eigenvalue weighted by Crippen LogP contribution is -2.17. The Bertz CT molecular complexity index is 642. The largest absolute Gasteiger partial charge is 0.342 e. The van der Waals surface area contributed by atoms with Gasteiger partial charge in [0.25, 0.3) is 5.91 Å². The molecule has 0 aliphatic heterocycles. The molecule has 1 amide bonds. The molecule has 0 spiro atoms. The first-order chi connectivity index (χ1) is 9.51. The van der Waals surface area contributed by atoms with E-state index in [0.717, 1.165) is 6.42 Å². The summed E-state index contributed by atoms with van der Waals surface area (Å²) in [5, 5.41) is 3.04. The van der Waals surface area contributed by atoms with Crippen LogP contribution >= 0.6 is 27.5 Å². The van der Waals surface area contributed by atoms with Crippen molar-refractivity contribution in [1.29, 1.82) is 0 Å². The molecule has 0 fully saturated rings. The number of benzene rings is 1. The molecule has 0 aliphatic rings. The Balaban J connectivity index is 2.23. The highest BCUT2D eigenvalue weighted by molar-refractivity contribution is 9.10. The van der Waals surface area contributed by atoms with E-state index in [4.69, 9.17) is 11.6 Å². The lowest BCUT2D eigenvalue weighted by molar-refractivity contribution is 0.101. The van der Waals surface area contributed by atoms with Crippen LogP contribution in [0.4, 0.5) is 10.1 Å². The van der Waals surface area contributed by atoms with Gasteiger partial charge in [-0.25, -0.2) is 4.39 Å². The van der Waals surface area contributed by atoms with Gasteiger partial charge in [0, 0.05) is 17.2 Å². The minimum atomic E-state index is -0.493. The van der Waals surface area contributed by atoms with Gasteiger partial charge in [-0.3, -0.25) is 4.79 Å². The van der Waals surface area contributed by atoms with Crippen molar-refractivity contribution in [2.45, 2.75) is 19.9 Å². The number of hydrogen-bond acceptors (Lipinski definition) is 1. The maximum absolute atomic E-state index is 13.7. The fourth-order valence-corrected chi connectivity index (χ4v) is 2.42. The van der Waals surface area contributed by atoms with Crippen LogP contribution in [0.25, 0.3) is 0 Å². The Hall–Kier alpha value is -1.33. The van der Waals surface area contributed by atoms with Gasteiger partial charge in [0.15, 0.2) is 0 Å². The fourth-order valence-electron chi connectivity index (χ4n) is 1.87. The molecular formula is C14H13BrClFN2O. The first-order valence-electron chi connectivity index (χ1n) is 6.13. The van der Waals surface area contributed by atoms with Crippen molar-refractivity contribution in [2.75, 3.05) is 5.32 Å². The number of aryl methyl sites for hydroxylation is 1. The summed E-state index contributed by atoms with van der Waals surface area (Å²) in [6, 6.07) is 6.04. The van der Waals surface area contributed by atoms with Gasteiger partial charge in [-0.05, 0) is 30.7 Å². The lowest BCUT2D eigenvalue weighted by Gasteiger charge is -2.09. The maximum Gasteiger partial charge on any atom is 0.272 e. The predicted molar refractivity (Wildman–Crippen MR) is 81.8 cm³/mol. The van der Waals surface area contributed by atoms with E-state index in [1.165, 1.54) is 12.1 Å². The first-order valence-corrected chi connectivity index (χ1v) is 7.30. The molecule has 3 nitrogen and oxygen atoms in total. The SMILES string of the molecule is CCCn1cc(Cl)cc1C(=O)Nc1ccc(Br)cc1F. The Morgan fingerprint density at radius 1 is 1.45 bits per heavy atom. The highest BCUT2D eigenvalue weighted by Crippen LogP contribution is 2.21. The first kappa shape index (κ1) is 15.1. The van der Waals surface area contributed by atoms with E-state index >= 15 is 0 Å². The smallest absolute Gasteiger partial charge is 0.272 e. The average molecular weight is 360 g/mol. The quantitative estimate of drug-likeness (QED) is 0.843. The Labute approximate surface area is 129 Å². The second-order valence-electron chi connectivity index (χ2n) is 4.32. The van der Waals surface area contributed by atoms with Gasteiger partial charge in [0.2, 0.25) is 0 Å². The second kappa shape index (κ2) is 6.41. The number of aromatic nitrogens is 1. The molecule has 1 N–H and O–H groups in total. The summed E-state index contributed by atoms with van der Waals surface area (Å²) in [6.07, 6.45) is 2.57. The van der Waals surface area contributed by atoms with Crippen LogP contribution in [0, 0.1) is 5.82 Å². The topological polar surface area (TPSA) is 34.0 Å². The molecule has 0 atom stereocenters. The van der Waals surface area contributed by atoms with Gasteiger partial charge in [-0.1, -0.05) is 34.5 Å². The number of carbonyl (C=O) groups is 1. The van der Waals surface area contributed by atoms with Crippen molar-refractivity contribution in [3.05, 3.63) is 51.5 Å². The van der Waals surface area contributed by atoms with Crippen LogP contribution in [-0.4, -0.2) is 10.5 Å². The van der Waals surface area contributed by atoms with Gasteiger partial charge in [0.05, 0.1) is 10.7 Å². The minimum Gasteiger partial charge on any atom is -0.342 e. The summed E-state index contributed by atoms with van der Waals surface area (Å²) in [6.45, 7) is 2.68. The van der Waals surface area contributed by atoms with Crippen LogP contribution in [-0.2, 0) is 6.54 Å². The van der Waals surface area contributed by atoms with Gasteiger partial charge in [-0.2, -0.15) is 0 Å². The standard InChI is InChI=1S/C14H13BrClFN2O/c1-2-5-19-8-10(16)7-13(19)14(20)18-12-4-3-9(15)6-11(12)17/h3-4,6-8H,2,5H2,1H3,(H,18,20). The number of amides is 1. The number of nitrogens with one attached hydrogen (secondary N) is 1. The molecule has 0 aliphatic carbocycles. The van der Waals surface area contributed by atoms with Crippen molar-refractivity contribution in [3.63, 3.8) is 0 Å². The van der Waals surface area contributed by atoms with Gasteiger partial charge >= 0.3 is 0 Å². The summed E-state index contributed by atoms with van der Waals surface area (Å²) in [5.74, 6) is -0.876. The van der Waals surface area contributed by atoms with E-state index in [1.54, 1.807) is 22.9 Å². The van der Waals surface area contributed by atoms with Crippen molar-refractivity contribution >= 4 is 39.1 Å². The van der Waals surface area contributed by atoms with Crippen LogP contribution in [0.1, 0.15) is 23.8 Å². The summed E-state index contributed by atoms with van der Waals surface area (Å²) in [4.78, 5) is 12.2. The highest BCUT2D eigenvalue weighted by Gasteiger charge is 2.14. The molecule has 106 valence electrons. The zero-order valence-corrected chi connectivity index (χ0v) is 13.1. The van der Waals surface area contributed by atoms with Crippen LogP contribution in [0.3, 0.4) is 0 Å². The summed E-state index contributed by atoms with van der Waals surface area (Å²) in [7, 11) is 0. The molecule has 2 aromatic rings. The molecular weight excluding hydrogens is 347 g/mol. The lowest BCUT2D eigenvalue weighted by atomic mass is 10.3. The van der Waals surface area contributed by atoms with Crippen molar-refractivity contribution in [1.82, 2.24) is 4.57 Å². The number of rotatable bonds is 4. The van der Waals surface area contributed by atoms with E-state index in [9.17, 15) is 9.18 Å². The fraction of sp³-hybridized carbons (Fsp3) is 0.214. The third-order valence-electron chi connectivity index (χ3n) is 2.74. The molecule has 0 unspecified atom stereocenters. The van der Waals surface area contributed by atoms with Gasteiger partial charge in [0.1, 0.15) is 11.5 Å². The zero-order chi connectivity index (χ0) is 14.7. The monoisotopic (exact) mass is 358 g/mol. The molecule has 6 heteroatoms. The summed E-state index contributed by atoms with van der Waals surface area (Å²) >= 11 is 9.09. The van der Waals surface area contributed by atoms with E-state index in [1.807, 2.05) is 6.92 Å². The number of carbonyl (C=O) groups excluding carboxylic acids is 1. The summed E-state index contributed by atoms with van der Waals surface area (Å²) < 4.78 is 16.1. The van der Waals surface area contributed by atoms with Gasteiger partial charge in [-0.15, -0.1) is 0 Å². The Morgan fingerprint density at radius 3 is 2.85 bits per heavy atom. The molecule has 0 saturated carbocycles. The van der Waals surface area contributed by atoms with E-state index in [-0.39, 0.29) is 11.6 Å². The molecule has 20 heavy (non-hydrogen) atoms. The van der Waals surface area contributed by atoms with Crippen molar-refractivity contribution in [2.24, 2.45) is 0 Å². The number of halogens is 3. The van der Waals surface area contributed by atoms with Crippen LogP contribution in [0.15, 0.2) is 34.9 Å². The normalized spacial score (nSPS) is 10.6. The minimum absolute atomic E-state index is 0.138. The molecule has 2 rings (SSSR count). The van der Waals surface area contributed by atoms with E-state index in [0.29, 0.717) is 21.7 Å².